The van der Waals surface area contributed by atoms with E-state index in [2.05, 4.69) is 0 Å². The van der Waals surface area contributed by atoms with Crippen molar-refractivity contribution in [1.82, 2.24) is 0 Å². The topological polar surface area (TPSA) is 89.3 Å². The summed E-state index contributed by atoms with van der Waals surface area (Å²) in [7, 11) is 0. The maximum atomic E-state index is 13.2. The highest BCUT2D eigenvalue weighted by Crippen LogP contribution is 2.19. The lowest BCUT2D eigenvalue weighted by Gasteiger charge is -2.12. The van der Waals surface area contributed by atoms with Crippen LogP contribution in [0.25, 0.3) is 0 Å². The lowest BCUT2D eigenvalue weighted by molar-refractivity contribution is 0.0694. The zero-order chi connectivity index (χ0) is 10.7. The average Bonchev–Trinajstić information content (AvgIpc) is 2.16. The second kappa shape index (κ2) is 4.17. The second-order valence-corrected chi connectivity index (χ2v) is 2.85. The number of halogens is 1. The molecule has 0 amide bonds. The fraction of sp³-hybridized carbons (Fsp3) is 0.222. The van der Waals surface area contributed by atoms with Gasteiger partial charge in [0.25, 0.3) is 0 Å². The number of benzene rings is 1. The van der Waals surface area contributed by atoms with Gasteiger partial charge in [0.05, 0.1) is 5.56 Å². The first-order valence-corrected chi connectivity index (χ1v) is 4.05. The molecule has 5 N–H and O–H groups in total. The lowest BCUT2D eigenvalue weighted by atomic mass is 10.0. The zero-order valence-electron chi connectivity index (χ0n) is 7.40. The third kappa shape index (κ3) is 1.89. The molecule has 1 aromatic carbocycles. The Labute approximate surface area is 80.3 Å². The van der Waals surface area contributed by atoms with E-state index in [0.717, 1.165) is 6.07 Å². The fourth-order valence-electron chi connectivity index (χ4n) is 1.22. The monoisotopic (exact) mass is 198 g/mol. The Bertz CT molecular complexity index is 355. The summed E-state index contributed by atoms with van der Waals surface area (Å²) >= 11 is 0. The van der Waals surface area contributed by atoms with Gasteiger partial charge in [-0.25, -0.2) is 9.18 Å². The number of hydrogen-bond acceptors (Lipinski definition) is 3. The summed E-state index contributed by atoms with van der Waals surface area (Å²) in [5.74, 6) is -1.84. The number of aromatic carboxylic acids is 1. The molecule has 0 bridgehead atoms. The van der Waals surface area contributed by atoms with E-state index in [1.807, 2.05) is 0 Å². The highest BCUT2D eigenvalue weighted by atomic mass is 19.1. The van der Waals surface area contributed by atoms with Crippen LogP contribution in [0.3, 0.4) is 0 Å². The van der Waals surface area contributed by atoms with Crippen LogP contribution < -0.4 is 11.5 Å². The molecular weight excluding hydrogens is 187 g/mol. The van der Waals surface area contributed by atoms with Crippen LogP contribution in [0, 0.1) is 5.82 Å². The molecule has 0 saturated heterocycles. The molecule has 0 saturated carbocycles. The molecule has 14 heavy (non-hydrogen) atoms. The molecule has 76 valence electrons. The van der Waals surface area contributed by atoms with Crippen LogP contribution in [0.2, 0.25) is 0 Å². The van der Waals surface area contributed by atoms with Crippen LogP contribution in [0.4, 0.5) is 4.39 Å². The lowest BCUT2D eigenvalue weighted by Crippen LogP contribution is -2.24. The predicted molar refractivity (Wildman–Crippen MR) is 49.3 cm³/mol. The normalized spacial score (nSPS) is 12.5. The van der Waals surface area contributed by atoms with Gasteiger partial charge in [0, 0.05) is 18.2 Å². The Kier molecular flexibility index (Phi) is 3.16. The summed E-state index contributed by atoms with van der Waals surface area (Å²) < 4.78 is 13.2. The molecule has 0 heterocycles. The highest BCUT2D eigenvalue weighted by molar-refractivity contribution is 5.89. The van der Waals surface area contributed by atoms with Gasteiger partial charge in [0.1, 0.15) is 5.82 Å². The quantitative estimate of drug-likeness (QED) is 0.659. The van der Waals surface area contributed by atoms with Gasteiger partial charge in [-0.1, -0.05) is 6.07 Å². The van der Waals surface area contributed by atoms with Crippen molar-refractivity contribution in [1.29, 1.82) is 0 Å². The number of carboxylic acid groups (broad SMARTS) is 1. The van der Waals surface area contributed by atoms with E-state index in [-0.39, 0.29) is 17.7 Å². The van der Waals surface area contributed by atoms with Crippen molar-refractivity contribution < 1.29 is 14.3 Å². The summed E-state index contributed by atoms with van der Waals surface area (Å²) in [6.45, 7) is 0.00120. The van der Waals surface area contributed by atoms with E-state index in [9.17, 15) is 9.18 Å². The first-order valence-electron chi connectivity index (χ1n) is 4.05. The van der Waals surface area contributed by atoms with E-state index < -0.39 is 17.8 Å². The maximum absolute atomic E-state index is 13.2. The Balaban J connectivity index is 3.29. The van der Waals surface area contributed by atoms with E-state index in [1.54, 1.807) is 0 Å². The summed E-state index contributed by atoms with van der Waals surface area (Å²) in [5, 5.41) is 8.77. The van der Waals surface area contributed by atoms with Crippen LogP contribution in [-0.4, -0.2) is 17.6 Å². The summed E-state index contributed by atoms with van der Waals surface area (Å²) in [4.78, 5) is 10.7. The maximum Gasteiger partial charge on any atom is 0.336 e. The minimum absolute atomic E-state index is 0.00120. The zero-order valence-corrected chi connectivity index (χ0v) is 7.40. The van der Waals surface area contributed by atoms with E-state index in [4.69, 9.17) is 16.6 Å². The largest absolute Gasteiger partial charge is 0.478 e. The first kappa shape index (κ1) is 10.6. The van der Waals surface area contributed by atoms with Crippen molar-refractivity contribution in [3.05, 3.63) is 35.1 Å². The van der Waals surface area contributed by atoms with Crippen molar-refractivity contribution in [3.63, 3.8) is 0 Å². The summed E-state index contributed by atoms with van der Waals surface area (Å²) in [6.07, 6.45) is 0. The van der Waals surface area contributed by atoms with Gasteiger partial charge in [0.15, 0.2) is 0 Å². The minimum Gasteiger partial charge on any atom is -0.478 e. The number of hydrogen-bond donors (Lipinski definition) is 3. The molecule has 0 aromatic heterocycles. The third-order valence-corrected chi connectivity index (χ3v) is 1.91. The molecule has 0 spiro atoms. The standard InChI is InChI=1S/C9H11FN2O2/c10-6-3-1-2-5(9(13)14)8(6)7(12)4-11/h1-3,7H,4,11-12H2,(H,13,14). The van der Waals surface area contributed by atoms with E-state index >= 15 is 0 Å². The van der Waals surface area contributed by atoms with Crippen molar-refractivity contribution in [2.75, 3.05) is 6.54 Å². The minimum atomic E-state index is -1.21. The van der Waals surface area contributed by atoms with Crippen molar-refractivity contribution in [2.24, 2.45) is 11.5 Å². The Hall–Kier alpha value is -1.46. The van der Waals surface area contributed by atoms with Gasteiger partial charge in [-0.2, -0.15) is 0 Å². The van der Waals surface area contributed by atoms with Crippen LogP contribution in [0.1, 0.15) is 22.0 Å². The van der Waals surface area contributed by atoms with Crippen molar-refractivity contribution in [3.8, 4) is 0 Å². The average molecular weight is 198 g/mol. The van der Waals surface area contributed by atoms with Gasteiger partial charge in [-0.15, -0.1) is 0 Å². The summed E-state index contributed by atoms with van der Waals surface area (Å²) in [5.41, 5.74) is 10.6. The van der Waals surface area contributed by atoms with Crippen molar-refractivity contribution >= 4 is 5.97 Å². The Morgan fingerprint density at radius 1 is 1.57 bits per heavy atom. The molecule has 0 radical (unpaired) electrons. The molecule has 0 aliphatic rings. The third-order valence-electron chi connectivity index (χ3n) is 1.91. The van der Waals surface area contributed by atoms with Crippen LogP contribution in [0.15, 0.2) is 18.2 Å². The van der Waals surface area contributed by atoms with Gasteiger partial charge in [0.2, 0.25) is 0 Å². The molecule has 1 aromatic rings. The second-order valence-electron chi connectivity index (χ2n) is 2.85. The predicted octanol–water partition coefficient (Wildman–Crippen LogP) is 0.482. The van der Waals surface area contributed by atoms with E-state index in [1.165, 1.54) is 12.1 Å². The summed E-state index contributed by atoms with van der Waals surface area (Å²) in [6, 6.07) is 3.00. The van der Waals surface area contributed by atoms with Gasteiger partial charge < -0.3 is 16.6 Å². The van der Waals surface area contributed by atoms with Crippen LogP contribution in [0.5, 0.6) is 0 Å². The number of carboxylic acids is 1. The molecular formula is C9H11FN2O2. The number of rotatable bonds is 3. The fourth-order valence-corrected chi connectivity index (χ4v) is 1.22. The number of nitrogens with two attached hydrogens (primary N) is 2. The number of carbonyl (C=O) groups is 1. The van der Waals surface area contributed by atoms with Crippen molar-refractivity contribution in [2.45, 2.75) is 6.04 Å². The molecule has 0 aliphatic carbocycles. The highest BCUT2D eigenvalue weighted by Gasteiger charge is 2.18. The van der Waals surface area contributed by atoms with Crippen LogP contribution in [-0.2, 0) is 0 Å². The SMILES string of the molecule is NCC(N)c1c(F)cccc1C(=O)O. The molecule has 1 unspecified atom stereocenters. The van der Waals surface area contributed by atoms with E-state index in [0.29, 0.717) is 0 Å². The Morgan fingerprint density at radius 2 is 2.21 bits per heavy atom. The smallest absolute Gasteiger partial charge is 0.336 e. The first-order chi connectivity index (χ1) is 6.57. The molecule has 1 atom stereocenters. The molecule has 4 nitrogen and oxygen atoms in total. The van der Waals surface area contributed by atoms with Gasteiger partial charge in [-0.3, -0.25) is 0 Å². The molecule has 5 heteroatoms. The van der Waals surface area contributed by atoms with Crippen LogP contribution >= 0.6 is 0 Å². The van der Waals surface area contributed by atoms with Gasteiger partial charge >= 0.3 is 5.97 Å². The molecule has 0 fully saturated rings. The molecule has 0 aliphatic heterocycles. The Morgan fingerprint density at radius 3 is 2.71 bits per heavy atom. The van der Waals surface area contributed by atoms with Gasteiger partial charge in [-0.05, 0) is 12.1 Å². The molecule has 1 rings (SSSR count).